The number of primary amides is 1. The first kappa shape index (κ1) is 30.5. The van der Waals surface area contributed by atoms with Gasteiger partial charge < -0.3 is 37.6 Å². The largest absolute Gasteiger partial charge is 0.480 e. The summed E-state index contributed by atoms with van der Waals surface area (Å²) in [5.41, 5.74) is 11.5. The quantitative estimate of drug-likeness (QED) is 0.152. The van der Waals surface area contributed by atoms with Crippen LogP contribution in [0, 0.1) is 5.92 Å². The van der Waals surface area contributed by atoms with E-state index in [0.29, 0.717) is 12.0 Å². The summed E-state index contributed by atoms with van der Waals surface area (Å²) >= 11 is 0. The molecule has 4 amide bonds. The summed E-state index contributed by atoms with van der Waals surface area (Å²) in [5, 5.41) is 26.6. The maximum absolute atomic E-state index is 13.2. The molecule has 1 rings (SSSR count). The van der Waals surface area contributed by atoms with E-state index in [0.717, 1.165) is 0 Å². The Morgan fingerprint density at radius 3 is 2.00 bits per heavy atom. The molecule has 200 valence electrons. The molecule has 12 heteroatoms. The standard InChI is InChI=1S/C24H37N5O7/c1-4-13(2)20(29-22(33)19(26)14(3)30)23(34)28-17(12-15-8-6-5-7-9-15)21(32)27-16(24(35)36)10-11-18(25)31/h5-9,13-14,16-17,19-20,30H,4,10-12,26H2,1-3H3,(H2,25,31)(H,27,32)(H,28,34)(H,29,33)(H,35,36). The number of benzene rings is 1. The number of amides is 4. The number of nitrogens with two attached hydrogens (primary N) is 2. The third-order valence-corrected chi connectivity index (χ3v) is 5.83. The Hall–Kier alpha value is -3.51. The third kappa shape index (κ3) is 10.0. The number of aliphatic carboxylic acids is 1. The van der Waals surface area contributed by atoms with Gasteiger partial charge in [0.05, 0.1) is 6.10 Å². The highest BCUT2D eigenvalue weighted by Gasteiger charge is 2.33. The van der Waals surface area contributed by atoms with Crippen LogP contribution in [0.1, 0.15) is 45.6 Å². The number of carboxylic acids is 1. The smallest absolute Gasteiger partial charge is 0.326 e. The van der Waals surface area contributed by atoms with Crippen molar-refractivity contribution >= 4 is 29.6 Å². The number of hydrogen-bond donors (Lipinski definition) is 7. The first-order valence-electron chi connectivity index (χ1n) is 11.8. The van der Waals surface area contributed by atoms with Crippen LogP contribution in [0.15, 0.2) is 30.3 Å². The van der Waals surface area contributed by atoms with Crippen LogP contribution >= 0.6 is 0 Å². The van der Waals surface area contributed by atoms with Gasteiger partial charge in [0.25, 0.3) is 0 Å². The molecule has 1 aromatic carbocycles. The van der Waals surface area contributed by atoms with Gasteiger partial charge in [0.15, 0.2) is 0 Å². The zero-order valence-electron chi connectivity index (χ0n) is 20.8. The summed E-state index contributed by atoms with van der Waals surface area (Å²) in [6.45, 7) is 4.89. The molecule has 12 nitrogen and oxygen atoms in total. The predicted molar refractivity (Wildman–Crippen MR) is 131 cm³/mol. The van der Waals surface area contributed by atoms with Crippen molar-refractivity contribution in [1.29, 1.82) is 0 Å². The molecule has 0 heterocycles. The number of hydrogen-bond acceptors (Lipinski definition) is 7. The Kier molecular flexibility index (Phi) is 12.5. The van der Waals surface area contributed by atoms with Gasteiger partial charge in [-0.25, -0.2) is 4.79 Å². The highest BCUT2D eigenvalue weighted by atomic mass is 16.4. The fourth-order valence-corrected chi connectivity index (χ4v) is 3.31. The first-order chi connectivity index (χ1) is 16.9. The van der Waals surface area contributed by atoms with Crippen molar-refractivity contribution in [1.82, 2.24) is 16.0 Å². The van der Waals surface area contributed by atoms with Gasteiger partial charge in [0.2, 0.25) is 23.6 Å². The fourth-order valence-electron chi connectivity index (χ4n) is 3.31. The second-order valence-electron chi connectivity index (χ2n) is 8.79. The highest BCUT2D eigenvalue weighted by Crippen LogP contribution is 2.11. The van der Waals surface area contributed by atoms with Crippen molar-refractivity contribution in [3.63, 3.8) is 0 Å². The van der Waals surface area contributed by atoms with Crippen molar-refractivity contribution < 1.29 is 34.2 Å². The molecule has 0 aromatic heterocycles. The maximum atomic E-state index is 13.2. The average Bonchev–Trinajstić information content (AvgIpc) is 2.83. The summed E-state index contributed by atoms with van der Waals surface area (Å²) in [7, 11) is 0. The van der Waals surface area contributed by atoms with Crippen LogP contribution in [0.4, 0.5) is 0 Å². The Morgan fingerprint density at radius 1 is 0.917 bits per heavy atom. The normalized spacial score (nSPS) is 15.9. The molecular weight excluding hydrogens is 470 g/mol. The van der Waals surface area contributed by atoms with E-state index in [2.05, 4.69) is 16.0 Å². The van der Waals surface area contributed by atoms with Crippen LogP contribution in [0.5, 0.6) is 0 Å². The number of aliphatic hydroxyl groups is 1. The SMILES string of the molecule is CCC(C)C(NC(=O)C(N)C(C)O)C(=O)NC(Cc1ccccc1)C(=O)NC(CCC(N)=O)C(=O)O. The van der Waals surface area contributed by atoms with Gasteiger partial charge in [-0.05, 0) is 24.8 Å². The zero-order chi connectivity index (χ0) is 27.4. The van der Waals surface area contributed by atoms with Crippen molar-refractivity contribution in [2.45, 2.75) is 76.7 Å². The third-order valence-electron chi connectivity index (χ3n) is 5.83. The Labute approximate surface area is 210 Å². The molecule has 9 N–H and O–H groups in total. The van der Waals surface area contributed by atoms with Crippen molar-refractivity contribution in [3.8, 4) is 0 Å². The minimum absolute atomic E-state index is 0.0366. The summed E-state index contributed by atoms with van der Waals surface area (Å²) in [6, 6.07) is 3.85. The Morgan fingerprint density at radius 2 is 1.50 bits per heavy atom. The van der Waals surface area contributed by atoms with Crippen LogP contribution in [0.3, 0.4) is 0 Å². The van der Waals surface area contributed by atoms with Gasteiger partial charge in [-0.3, -0.25) is 19.2 Å². The molecule has 0 saturated heterocycles. The number of carbonyl (C=O) groups excluding carboxylic acids is 4. The fraction of sp³-hybridized carbons (Fsp3) is 0.542. The van der Waals surface area contributed by atoms with Crippen LogP contribution < -0.4 is 27.4 Å². The van der Waals surface area contributed by atoms with Crippen molar-refractivity contribution in [3.05, 3.63) is 35.9 Å². The number of rotatable bonds is 15. The van der Waals surface area contributed by atoms with E-state index in [1.807, 2.05) is 6.92 Å². The van der Waals surface area contributed by atoms with E-state index in [4.69, 9.17) is 11.5 Å². The molecule has 6 unspecified atom stereocenters. The molecular formula is C24H37N5O7. The monoisotopic (exact) mass is 507 g/mol. The minimum atomic E-state index is -1.39. The number of aliphatic hydroxyl groups excluding tert-OH is 1. The molecule has 0 aliphatic heterocycles. The van der Waals surface area contributed by atoms with Gasteiger partial charge in [-0.2, -0.15) is 0 Å². The number of carboxylic acid groups (broad SMARTS) is 1. The lowest BCUT2D eigenvalue weighted by molar-refractivity contribution is -0.142. The van der Waals surface area contributed by atoms with Crippen molar-refractivity contribution in [2.24, 2.45) is 17.4 Å². The van der Waals surface area contributed by atoms with Gasteiger partial charge >= 0.3 is 5.97 Å². The molecule has 6 atom stereocenters. The summed E-state index contributed by atoms with van der Waals surface area (Å²) < 4.78 is 0. The lowest BCUT2D eigenvalue weighted by atomic mass is 9.96. The Balaban J connectivity index is 3.15. The van der Waals surface area contributed by atoms with E-state index in [9.17, 15) is 34.2 Å². The molecule has 0 bridgehead atoms. The zero-order valence-corrected chi connectivity index (χ0v) is 20.8. The molecule has 0 saturated carbocycles. The predicted octanol–water partition coefficient (Wildman–Crippen LogP) is -1.21. The summed E-state index contributed by atoms with van der Waals surface area (Å²) in [5.74, 6) is -4.60. The van der Waals surface area contributed by atoms with E-state index in [-0.39, 0.29) is 25.2 Å². The molecule has 0 spiro atoms. The van der Waals surface area contributed by atoms with Crippen LogP contribution in [-0.4, -0.2) is 70.1 Å². The highest BCUT2D eigenvalue weighted by molar-refractivity contribution is 5.94. The maximum Gasteiger partial charge on any atom is 0.326 e. The molecule has 0 fully saturated rings. The lowest BCUT2D eigenvalue weighted by Crippen LogP contribution is -2.60. The van der Waals surface area contributed by atoms with Gasteiger partial charge in [0, 0.05) is 12.8 Å². The minimum Gasteiger partial charge on any atom is -0.480 e. The van der Waals surface area contributed by atoms with Crippen LogP contribution in [0.2, 0.25) is 0 Å². The van der Waals surface area contributed by atoms with Gasteiger partial charge in [0.1, 0.15) is 24.2 Å². The second kappa shape index (κ2) is 14.8. The topological polar surface area (TPSA) is 214 Å². The number of nitrogens with one attached hydrogen (secondary N) is 3. The number of carbonyl (C=O) groups is 5. The second-order valence-corrected chi connectivity index (χ2v) is 8.79. The van der Waals surface area contributed by atoms with Crippen LogP contribution in [0.25, 0.3) is 0 Å². The van der Waals surface area contributed by atoms with E-state index in [1.54, 1.807) is 37.3 Å². The molecule has 0 aliphatic carbocycles. The molecule has 0 radical (unpaired) electrons. The lowest BCUT2D eigenvalue weighted by Gasteiger charge is -2.28. The Bertz CT molecular complexity index is 909. The summed E-state index contributed by atoms with van der Waals surface area (Å²) in [6.07, 6.45) is -1.07. The summed E-state index contributed by atoms with van der Waals surface area (Å²) in [4.78, 5) is 61.4. The first-order valence-corrected chi connectivity index (χ1v) is 11.8. The van der Waals surface area contributed by atoms with E-state index < -0.39 is 59.9 Å². The molecule has 36 heavy (non-hydrogen) atoms. The van der Waals surface area contributed by atoms with Crippen molar-refractivity contribution in [2.75, 3.05) is 0 Å². The molecule has 1 aromatic rings. The van der Waals surface area contributed by atoms with Gasteiger partial charge in [-0.1, -0.05) is 50.6 Å². The molecule has 0 aliphatic rings. The van der Waals surface area contributed by atoms with E-state index >= 15 is 0 Å². The average molecular weight is 508 g/mol. The van der Waals surface area contributed by atoms with Gasteiger partial charge in [-0.15, -0.1) is 0 Å². The van der Waals surface area contributed by atoms with E-state index in [1.165, 1.54) is 6.92 Å². The van der Waals surface area contributed by atoms with Crippen LogP contribution in [-0.2, 0) is 30.4 Å².